The normalized spacial score (nSPS) is 11.9. The summed E-state index contributed by atoms with van der Waals surface area (Å²) in [4.78, 5) is -0.0503. The van der Waals surface area contributed by atoms with Crippen LogP contribution in [0.5, 0.6) is 0 Å². The Hall–Kier alpha value is -0.0500. The van der Waals surface area contributed by atoms with E-state index in [1.807, 2.05) is 0 Å². The van der Waals surface area contributed by atoms with Crippen LogP contribution in [-0.4, -0.2) is 8.42 Å². The van der Waals surface area contributed by atoms with Crippen molar-refractivity contribution in [3.63, 3.8) is 0 Å². The van der Waals surface area contributed by atoms with E-state index in [4.69, 9.17) is 27.6 Å². The molecule has 0 radical (unpaired) electrons. The van der Waals surface area contributed by atoms with Gasteiger partial charge in [0.15, 0.2) is 0 Å². The van der Waals surface area contributed by atoms with E-state index in [-0.39, 0.29) is 20.2 Å². The van der Waals surface area contributed by atoms with E-state index < -0.39 is 10.0 Å². The molecular weight excluding hydrogens is 385 g/mol. The van der Waals surface area contributed by atoms with E-state index in [0.29, 0.717) is 10.1 Å². The zero-order valence-corrected chi connectivity index (χ0v) is 13.3. The lowest BCUT2D eigenvalue weighted by molar-refractivity contribution is 0.498. The fourth-order valence-corrected chi connectivity index (χ4v) is 5.77. The zero-order valence-electron chi connectivity index (χ0n) is 8.61. The highest BCUT2D eigenvalue weighted by molar-refractivity contribution is 9.10. The Bertz CT molecular complexity index is 652. The first-order valence-corrected chi connectivity index (χ1v) is 8.42. The molecule has 98 valence electrons. The number of halogens is 3. The van der Waals surface area contributed by atoms with Gasteiger partial charge in [-0.25, -0.2) is 13.1 Å². The van der Waals surface area contributed by atoms with Crippen molar-refractivity contribution in [2.75, 3.05) is 0 Å². The summed E-state index contributed by atoms with van der Waals surface area (Å²) in [6, 6.07) is 3.34. The van der Waals surface area contributed by atoms with Crippen LogP contribution in [0.25, 0.3) is 0 Å². The molecule has 0 unspecified atom stereocenters. The molecule has 0 aliphatic rings. The molecule has 0 aromatic carbocycles. The predicted molar refractivity (Wildman–Crippen MR) is 74.8 cm³/mol. The third-order valence-electron chi connectivity index (χ3n) is 2.01. The summed E-state index contributed by atoms with van der Waals surface area (Å²) < 4.78 is 32.2. The maximum absolute atomic E-state index is 12.1. The van der Waals surface area contributed by atoms with Crippen LogP contribution in [0.3, 0.4) is 0 Å². The van der Waals surface area contributed by atoms with Crippen LogP contribution < -0.4 is 4.72 Å². The maximum Gasteiger partial charge on any atom is 0.244 e. The molecule has 2 rings (SSSR count). The van der Waals surface area contributed by atoms with Gasteiger partial charge in [0.05, 0.1) is 17.3 Å². The summed E-state index contributed by atoms with van der Waals surface area (Å²) >= 11 is 15.8. The Morgan fingerprint density at radius 1 is 1.39 bits per heavy atom. The number of hydrogen-bond donors (Lipinski definition) is 1. The Balaban J connectivity index is 2.26. The highest BCUT2D eigenvalue weighted by atomic mass is 79.9. The van der Waals surface area contributed by atoms with Gasteiger partial charge in [-0.3, -0.25) is 0 Å². The van der Waals surface area contributed by atoms with E-state index >= 15 is 0 Å². The standard InChI is InChI=1S/C9H6BrCl2NO3S2/c10-6-7(9(12)17-8(6)11)18(14,15)13-4-5-2-1-3-16-5/h1-3,13H,4H2. The lowest BCUT2D eigenvalue weighted by Gasteiger charge is -2.04. The van der Waals surface area contributed by atoms with Crippen LogP contribution in [0.15, 0.2) is 32.2 Å². The minimum atomic E-state index is -3.74. The van der Waals surface area contributed by atoms with E-state index in [9.17, 15) is 8.42 Å². The summed E-state index contributed by atoms with van der Waals surface area (Å²) in [5.41, 5.74) is 0. The van der Waals surface area contributed by atoms with Gasteiger partial charge in [0, 0.05) is 0 Å². The minimum Gasteiger partial charge on any atom is -0.468 e. The van der Waals surface area contributed by atoms with E-state index in [1.165, 1.54) is 6.26 Å². The molecule has 0 saturated heterocycles. The minimum absolute atomic E-state index is 0.0472. The van der Waals surface area contributed by atoms with Crippen molar-refractivity contribution in [1.29, 1.82) is 0 Å². The molecule has 1 N–H and O–H groups in total. The first-order valence-electron chi connectivity index (χ1n) is 4.57. The summed E-state index contributed by atoms with van der Waals surface area (Å²) in [5.74, 6) is 0.507. The van der Waals surface area contributed by atoms with Gasteiger partial charge in [0.25, 0.3) is 0 Å². The zero-order chi connectivity index (χ0) is 13.3. The molecule has 0 aliphatic carbocycles. The highest BCUT2D eigenvalue weighted by Gasteiger charge is 2.26. The fourth-order valence-electron chi connectivity index (χ4n) is 1.22. The molecule has 0 fully saturated rings. The molecule has 2 aromatic heterocycles. The molecule has 0 bridgehead atoms. The van der Waals surface area contributed by atoms with Gasteiger partial charge in [0.2, 0.25) is 10.0 Å². The second-order valence-electron chi connectivity index (χ2n) is 3.20. The summed E-state index contributed by atoms with van der Waals surface area (Å²) in [5, 5.41) is 0. The van der Waals surface area contributed by atoms with Crippen molar-refractivity contribution in [2.45, 2.75) is 11.4 Å². The van der Waals surface area contributed by atoms with Crippen LogP contribution in [0.2, 0.25) is 8.67 Å². The number of furan rings is 1. The first-order chi connectivity index (χ1) is 8.42. The van der Waals surface area contributed by atoms with E-state index in [2.05, 4.69) is 20.7 Å². The fraction of sp³-hybridized carbons (Fsp3) is 0.111. The maximum atomic E-state index is 12.1. The molecule has 18 heavy (non-hydrogen) atoms. The summed E-state index contributed by atoms with van der Waals surface area (Å²) in [6.07, 6.45) is 1.47. The van der Waals surface area contributed by atoms with Crippen molar-refractivity contribution in [3.05, 3.63) is 37.3 Å². The van der Waals surface area contributed by atoms with Gasteiger partial charge in [0.1, 0.15) is 19.3 Å². The number of rotatable bonds is 4. The van der Waals surface area contributed by atoms with Crippen molar-refractivity contribution in [1.82, 2.24) is 4.72 Å². The molecular formula is C9H6BrCl2NO3S2. The smallest absolute Gasteiger partial charge is 0.244 e. The van der Waals surface area contributed by atoms with Gasteiger partial charge in [-0.2, -0.15) is 0 Å². The average molecular weight is 391 g/mol. The molecule has 4 nitrogen and oxygen atoms in total. The third kappa shape index (κ3) is 2.92. The van der Waals surface area contributed by atoms with Gasteiger partial charge in [-0.05, 0) is 28.1 Å². The number of nitrogens with one attached hydrogen (secondary N) is 1. The first kappa shape index (κ1) is 14.4. The van der Waals surface area contributed by atoms with Crippen molar-refractivity contribution in [3.8, 4) is 0 Å². The lowest BCUT2D eigenvalue weighted by atomic mass is 10.5. The Morgan fingerprint density at radius 2 is 2.11 bits per heavy atom. The topological polar surface area (TPSA) is 59.3 Å². The van der Waals surface area contributed by atoms with E-state index in [1.54, 1.807) is 12.1 Å². The molecule has 2 heterocycles. The lowest BCUT2D eigenvalue weighted by Crippen LogP contribution is -2.23. The van der Waals surface area contributed by atoms with Crippen LogP contribution in [0.1, 0.15) is 5.76 Å². The Kier molecular flexibility index (Phi) is 4.40. The molecule has 9 heteroatoms. The van der Waals surface area contributed by atoms with Gasteiger partial charge in [-0.15, -0.1) is 11.3 Å². The predicted octanol–water partition coefficient (Wildman–Crippen LogP) is 3.89. The molecule has 0 saturated carbocycles. The van der Waals surface area contributed by atoms with Crippen molar-refractivity contribution in [2.24, 2.45) is 0 Å². The van der Waals surface area contributed by atoms with Gasteiger partial charge in [-0.1, -0.05) is 23.2 Å². The third-order valence-corrected chi connectivity index (χ3v) is 6.88. The van der Waals surface area contributed by atoms with Crippen LogP contribution in [0, 0.1) is 0 Å². The van der Waals surface area contributed by atoms with Crippen LogP contribution in [0.4, 0.5) is 0 Å². The van der Waals surface area contributed by atoms with Crippen LogP contribution >= 0.6 is 50.5 Å². The monoisotopic (exact) mass is 389 g/mol. The number of thiophene rings is 1. The van der Waals surface area contributed by atoms with Gasteiger partial charge >= 0.3 is 0 Å². The van der Waals surface area contributed by atoms with Crippen molar-refractivity contribution >= 4 is 60.5 Å². The largest absolute Gasteiger partial charge is 0.468 e. The molecule has 0 spiro atoms. The number of sulfonamides is 1. The highest BCUT2D eigenvalue weighted by Crippen LogP contribution is 2.42. The van der Waals surface area contributed by atoms with E-state index in [0.717, 1.165) is 11.3 Å². The summed E-state index contributed by atoms with van der Waals surface area (Å²) in [6.45, 7) is 0.0472. The van der Waals surface area contributed by atoms with Crippen LogP contribution in [-0.2, 0) is 16.6 Å². The average Bonchev–Trinajstić information content (AvgIpc) is 2.86. The number of hydrogen-bond acceptors (Lipinski definition) is 4. The molecule has 0 atom stereocenters. The van der Waals surface area contributed by atoms with Crippen molar-refractivity contribution < 1.29 is 12.8 Å². The van der Waals surface area contributed by atoms with Gasteiger partial charge < -0.3 is 4.42 Å². The molecule has 0 aliphatic heterocycles. The SMILES string of the molecule is O=S(=O)(NCc1ccco1)c1c(Cl)sc(Cl)c1Br. The summed E-state index contributed by atoms with van der Waals surface area (Å²) in [7, 11) is -3.74. The molecule has 2 aromatic rings. The second-order valence-corrected chi connectivity index (χ2v) is 7.92. The Morgan fingerprint density at radius 3 is 2.61 bits per heavy atom. The molecule has 0 amide bonds. The Labute approximate surface area is 126 Å². The quantitative estimate of drug-likeness (QED) is 0.861. The second kappa shape index (κ2) is 5.52.